The van der Waals surface area contributed by atoms with Gasteiger partial charge in [-0.1, -0.05) is 6.42 Å². The van der Waals surface area contributed by atoms with Crippen LogP contribution >= 0.6 is 11.8 Å². The van der Waals surface area contributed by atoms with E-state index in [2.05, 4.69) is 0 Å². The van der Waals surface area contributed by atoms with Gasteiger partial charge in [-0.25, -0.2) is 0 Å². The molecular weight excluding hydrogens is 186 g/mol. The van der Waals surface area contributed by atoms with Crippen LogP contribution in [0.5, 0.6) is 0 Å². The quantitative estimate of drug-likeness (QED) is 0.723. The normalized spacial score (nSPS) is 28.7. The van der Waals surface area contributed by atoms with Gasteiger partial charge in [-0.15, -0.1) is 0 Å². The van der Waals surface area contributed by atoms with E-state index >= 15 is 0 Å². The molecule has 3 nitrogen and oxygen atoms in total. The Labute approximate surface area is 83.1 Å². The van der Waals surface area contributed by atoms with Crippen molar-refractivity contribution in [2.24, 2.45) is 11.7 Å². The minimum atomic E-state index is -0.627. The van der Waals surface area contributed by atoms with Gasteiger partial charge in [0.1, 0.15) is 0 Å². The zero-order chi connectivity index (χ0) is 9.68. The fourth-order valence-corrected chi connectivity index (χ4v) is 2.93. The average Bonchev–Trinajstić information content (AvgIpc) is 2.15. The summed E-state index contributed by atoms with van der Waals surface area (Å²) < 4.78 is 0. The Morgan fingerprint density at radius 3 is 2.92 bits per heavy atom. The minimum Gasteiger partial charge on any atom is -0.481 e. The van der Waals surface area contributed by atoms with Crippen LogP contribution in [0, 0.1) is 5.92 Å². The maximum absolute atomic E-state index is 10.7. The van der Waals surface area contributed by atoms with E-state index in [1.165, 1.54) is 0 Å². The lowest BCUT2D eigenvalue weighted by molar-refractivity contribution is -0.142. The Hall–Kier alpha value is -0.220. The van der Waals surface area contributed by atoms with Crippen molar-refractivity contribution in [3.8, 4) is 0 Å². The van der Waals surface area contributed by atoms with Crippen molar-refractivity contribution < 1.29 is 9.90 Å². The Balaban J connectivity index is 2.29. The predicted octanol–water partition coefficient (Wildman–Crippen LogP) is 1.32. The molecule has 1 aliphatic carbocycles. The van der Waals surface area contributed by atoms with Crippen LogP contribution in [0.2, 0.25) is 0 Å². The molecule has 0 aromatic rings. The van der Waals surface area contributed by atoms with Crippen LogP contribution in [0.4, 0.5) is 0 Å². The monoisotopic (exact) mass is 203 g/mol. The first-order chi connectivity index (χ1) is 6.24. The van der Waals surface area contributed by atoms with Crippen molar-refractivity contribution in [3.05, 3.63) is 0 Å². The molecule has 1 fully saturated rings. The van der Waals surface area contributed by atoms with E-state index in [-0.39, 0.29) is 5.92 Å². The molecule has 1 rings (SSSR count). The summed E-state index contributed by atoms with van der Waals surface area (Å²) in [5.41, 5.74) is 5.40. The molecule has 13 heavy (non-hydrogen) atoms. The largest absolute Gasteiger partial charge is 0.481 e. The predicted molar refractivity (Wildman–Crippen MR) is 54.9 cm³/mol. The number of rotatable bonds is 4. The van der Waals surface area contributed by atoms with E-state index in [4.69, 9.17) is 10.8 Å². The number of aliphatic carboxylic acids is 1. The second-order valence-electron chi connectivity index (χ2n) is 3.48. The average molecular weight is 203 g/mol. The molecule has 3 N–H and O–H groups in total. The van der Waals surface area contributed by atoms with Crippen LogP contribution in [0.15, 0.2) is 0 Å². The molecular formula is C9H17NO2S. The van der Waals surface area contributed by atoms with Crippen molar-refractivity contribution in [2.45, 2.75) is 30.9 Å². The molecule has 2 unspecified atom stereocenters. The Morgan fingerprint density at radius 2 is 2.31 bits per heavy atom. The molecule has 0 heterocycles. The molecule has 0 amide bonds. The minimum absolute atomic E-state index is 0.107. The van der Waals surface area contributed by atoms with Crippen LogP contribution in [0.3, 0.4) is 0 Å². The highest BCUT2D eigenvalue weighted by molar-refractivity contribution is 7.99. The molecule has 1 aliphatic rings. The summed E-state index contributed by atoms with van der Waals surface area (Å²) in [6.07, 6.45) is 3.91. The lowest BCUT2D eigenvalue weighted by Gasteiger charge is -2.25. The summed E-state index contributed by atoms with van der Waals surface area (Å²) in [7, 11) is 0. The number of thioether (sulfide) groups is 1. The first-order valence-electron chi connectivity index (χ1n) is 4.78. The molecule has 1 saturated carbocycles. The number of carboxylic acids is 1. The fraction of sp³-hybridized carbons (Fsp3) is 0.889. The highest BCUT2D eigenvalue weighted by Crippen LogP contribution is 2.31. The number of hydrogen-bond donors (Lipinski definition) is 2. The Kier molecular flexibility index (Phi) is 4.59. The van der Waals surface area contributed by atoms with Crippen LogP contribution in [-0.2, 0) is 4.79 Å². The summed E-state index contributed by atoms with van der Waals surface area (Å²) in [5.74, 6) is 0.221. The van der Waals surface area contributed by atoms with Crippen LogP contribution < -0.4 is 5.73 Å². The SMILES string of the molecule is NCCSC1CCCC(C(=O)O)C1. The maximum atomic E-state index is 10.7. The van der Waals surface area contributed by atoms with Crippen LogP contribution in [0.25, 0.3) is 0 Å². The van der Waals surface area contributed by atoms with E-state index in [1.54, 1.807) is 0 Å². The summed E-state index contributed by atoms with van der Waals surface area (Å²) in [6, 6.07) is 0. The smallest absolute Gasteiger partial charge is 0.306 e. The van der Waals surface area contributed by atoms with E-state index in [1.807, 2.05) is 11.8 Å². The Bertz CT molecular complexity index is 175. The zero-order valence-corrected chi connectivity index (χ0v) is 8.55. The summed E-state index contributed by atoms with van der Waals surface area (Å²) >= 11 is 1.83. The third-order valence-electron chi connectivity index (χ3n) is 2.45. The number of carbonyl (C=O) groups is 1. The van der Waals surface area contributed by atoms with Crippen molar-refractivity contribution >= 4 is 17.7 Å². The van der Waals surface area contributed by atoms with Gasteiger partial charge in [0.05, 0.1) is 5.92 Å². The fourth-order valence-electron chi connectivity index (χ4n) is 1.76. The summed E-state index contributed by atoms with van der Waals surface area (Å²) in [6.45, 7) is 0.693. The lowest BCUT2D eigenvalue weighted by atomic mass is 9.89. The molecule has 0 aromatic carbocycles. The molecule has 0 aliphatic heterocycles. The van der Waals surface area contributed by atoms with Gasteiger partial charge in [-0.2, -0.15) is 11.8 Å². The van der Waals surface area contributed by atoms with Crippen LogP contribution in [-0.4, -0.2) is 28.6 Å². The summed E-state index contributed by atoms with van der Waals surface area (Å²) in [5, 5.41) is 9.37. The van der Waals surface area contributed by atoms with Gasteiger partial charge in [-0.3, -0.25) is 4.79 Å². The molecule has 0 spiro atoms. The number of nitrogens with two attached hydrogens (primary N) is 1. The van der Waals surface area contributed by atoms with Gasteiger partial charge in [0.25, 0.3) is 0 Å². The first-order valence-corrected chi connectivity index (χ1v) is 5.83. The van der Waals surface area contributed by atoms with Crippen molar-refractivity contribution in [2.75, 3.05) is 12.3 Å². The highest BCUT2D eigenvalue weighted by atomic mass is 32.2. The van der Waals surface area contributed by atoms with Crippen molar-refractivity contribution in [1.29, 1.82) is 0 Å². The van der Waals surface area contributed by atoms with Crippen molar-refractivity contribution in [1.82, 2.24) is 0 Å². The second-order valence-corrected chi connectivity index (χ2v) is 4.89. The molecule has 76 valence electrons. The molecule has 4 heteroatoms. The van der Waals surface area contributed by atoms with Gasteiger partial charge in [-0.05, 0) is 19.3 Å². The van der Waals surface area contributed by atoms with E-state index in [0.717, 1.165) is 31.4 Å². The third-order valence-corrected chi connectivity index (χ3v) is 3.82. The number of hydrogen-bond acceptors (Lipinski definition) is 3. The standard InChI is InChI=1S/C9H17NO2S/c10-4-5-13-8-3-1-2-7(6-8)9(11)12/h7-8H,1-6,10H2,(H,11,12). The van der Waals surface area contributed by atoms with Gasteiger partial charge in [0.2, 0.25) is 0 Å². The van der Waals surface area contributed by atoms with E-state index in [0.29, 0.717) is 11.8 Å². The summed E-state index contributed by atoms with van der Waals surface area (Å²) in [4.78, 5) is 10.7. The van der Waals surface area contributed by atoms with Gasteiger partial charge < -0.3 is 10.8 Å². The van der Waals surface area contributed by atoms with E-state index < -0.39 is 5.97 Å². The van der Waals surface area contributed by atoms with Gasteiger partial charge >= 0.3 is 5.97 Å². The molecule has 2 atom stereocenters. The zero-order valence-electron chi connectivity index (χ0n) is 7.74. The van der Waals surface area contributed by atoms with Gasteiger partial charge in [0, 0.05) is 17.5 Å². The van der Waals surface area contributed by atoms with E-state index in [9.17, 15) is 4.79 Å². The number of carboxylic acid groups (broad SMARTS) is 1. The topological polar surface area (TPSA) is 63.3 Å². The highest BCUT2D eigenvalue weighted by Gasteiger charge is 2.26. The third kappa shape index (κ3) is 3.56. The molecule has 0 bridgehead atoms. The first kappa shape index (κ1) is 10.9. The maximum Gasteiger partial charge on any atom is 0.306 e. The molecule has 0 aromatic heterocycles. The second kappa shape index (κ2) is 5.50. The van der Waals surface area contributed by atoms with Gasteiger partial charge in [0.15, 0.2) is 0 Å². The van der Waals surface area contributed by atoms with Crippen LogP contribution in [0.1, 0.15) is 25.7 Å². The lowest BCUT2D eigenvalue weighted by Crippen LogP contribution is -2.24. The molecule has 0 saturated heterocycles. The van der Waals surface area contributed by atoms with Crippen molar-refractivity contribution in [3.63, 3.8) is 0 Å². The molecule has 0 radical (unpaired) electrons. The Morgan fingerprint density at radius 1 is 1.54 bits per heavy atom.